The summed E-state index contributed by atoms with van der Waals surface area (Å²) in [6.45, 7) is 7.90. The Hall–Kier alpha value is -1.78. The van der Waals surface area contributed by atoms with Gasteiger partial charge in [0.25, 0.3) is 0 Å². The van der Waals surface area contributed by atoms with Crippen molar-refractivity contribution < 1.29 is 13.9 Å². The van der Waals surface area contributed by atoms with E-state index < -0.39 is 17.5 Å². The van der Waals surface area contributed by atoms with Crippen LogP contribution >= 0.6 is 0 Å². The third kappa shape index (κ3) is 4.61. The number of hydrogen-bond acceptors (Lipinski definition) is 3. The van der Waals surface area contributed by atoms with Crippen molar-refractivity contribution in [1.82, 2.24) is 0 Å². The van der Waals surface area contributed by atoms with E-state index in [4.69, 9.17) is 4.74 Å². The van der Waals surface area contributed by atoms with E-state index in [1.807, 2.05) is 6.92 Å². The maximum absolute atomic E-state index is 13.5. The lowest BCUT2D eigenvalue weighted by Crippen LogP contribution is -2.27. The van der Waals surface area contributed by atoms with Crippen molar-refractivity contribution in [3.8, 4) is 0 Å². The molecule has 18 heavy (non-hydrogen) atoms. The summed E-state index contributed by atoms with van der Waals surface area (Å²) in [6, 6.07) is 4.44. The molecule has 0 aromatic heterocycles. The summed E-state index contributed by atoms with van der Waals surface area (Å²) in [5.74, 6) is -0.498. The molecule has 100 valence electrons. The summed E-state index contributed by atoms with van der Waals surface area (Å²) >= 11 is 0. The van der Waals surface area contributed by atoms with Crippen LogP contribution in [0.2, 0.25) is 0 Å². The number of amides is 1. The second-order valence-electron chi connectivity index (χ2n) is 4.85. The molecular formula is C13H19FN2O2. The van der Waals surface area contributed by atoms with Crippen LogP contribution in [0.1, 0.15) is 27.7 Å². The molecule has 0 aliphatic rings. The number of halogens is 1. The molecule has 0 heterocycles. The largest absolute Gasteiger partial charge is 0.444 e. The zero-order valence-corrected chi connectivity index (χ0v) is 11.1. The van der Waals surface area contributed by atoms with Crippen LogP contribution in [-0.2, 0) is 4.74 Å². The molecule has 1 aromatic rings. The topological polar surface area (TPSA) is 50.4 Å². The van der Waals surface area contributed by atoms with Gasteiger partial charge < -0.3 is 10.1 Å². The van der Waals surface area contributed by atoms with E-state index in [2.05, 4.69) is 10.6 Å². The van der Waals surface area contributed by atoms with E-state index in [0.717, 1.165) is 12.2 Å². The van der Waals surface area contributed by atoms with Crippen molar-refractivity contribution in [2.45, 2.75) is 33.3 Å². The number of rotatable bonds is 3. The van der Waals surface area contributed by atoms with Gasteiger partial charge in [0.2, 0.25) is 0 Å². The minimum Gasteiger partial charge on any atom is -0.444 e. The van der Waals surface area contributed by atoms with Crippen LogP contribution in [0.5, 0.6) is 0 Å². The van der Waals surface area contributed by atoms with Gasteiger partial charge in [0, 0.05) is 12.2 Å². The van der Waals surface area contributed by atoms with Crippen molar-refractivity contribution in [3.63, 3.8) is 0 Å². The molecule has 1 aromatic carbocycles. The number of carbonyl (C=O) groups is 1. The first-order valence-corrected chi connectivity index (χ1v) is 5.85. The highest BCUT2D eigenvalue weighted by Crippen LogP contribution is 2.20. The number of benzene rings is 1. The Bertz CT molecular complexity index is 427. The summed E-state index contributed by atoms with van der Waals surface area (Å²) < 4.78 is 18.6. The number of anilines is 2. The summed E-state index contributed by atoms with van der Waals surface area (Å²) in [6.07, 6.45) is -0.671. The highest BCUT2D eigenvalue weighted by Gasteiger charge is 2.17. The van der Waals surface area contributed by atoms with E-state index >= 15 is 0 Å². The van der Waals surface area contributed by atoms with E-state index in [-0.39, 0.29) is 5.69 Å². The Balaban J connectivity index is 2.77. The quantitative estimate of drug-likeness (QED) is 0.866. The fourth-order valence-corrected chi connectivity index (χ4v) is 1.35. The number of nitrogens with one attached hydrogen (secondary N) is 2. The lowest BCUT2D eigenvalue weighted by molar-refractivity contribution is 0.0635. The maximum Gasteiger partial charge on any atom is 0.412 e. The van der Waals surface area contributed by atoms with E-state index in [1.54, 1.807) is 26.8 Å². The van der Waals surface area contributed by atoms with Crippen molar-refractivity contribution in [2.75, 3.05) is 17.2 Å². The maximum atomic E-state index is 13.5. The molecule has 4 nitrogen and oxygen atoms in total. The van der Waals surface area contributed by atoms with E-state index in [9.17, 15) is 9.18 Å². The zero-order valence-electron chi connectivity index (χ0n) is 11.1. The van der Waals surface area contributed by atoms with Gasteiger partial charge >= 0.3 is 6.09 Å². The third-order valence-corrected chi connectivity index (χ3v) is 1.98. The zero-order chi connectivity index (χ0) is 13.8. The molecule has 1 rings (SSSR count). The summed E-state index contributed by atoms with van der Waals surface area (Å²) in [7, 11) is 0. The van der Waals surface area contributed by atoms with Crippen LogP contribution in [0.25, 0.3) is 0 Å². The van der Waals surface area contributed by atoms with Crippen LogP contribution in [0, 0.1) is 5.82 Å². The second kappa shape index (κ2) is 5.71. The molecule has 0 aliphatic heterocycles. The van der Waals surface area contributed by atoms with Gasteiger partial charge in [0.15, 0.2) is 0 Å². The SMILES string of the molecule is CCNc1ccc(F)c(NC(=O)OC(C)(C)C)c1. The molecule has 0 bridgehead atoms. The molecule has 0 unspecified atom stereocenters. The van der Waals surface area contributed by atoms with Crippen molar-refractivity contribution in [2.24, 2.45) is 0 Å². The number of carbonyl (C=O) groups excluding carboxylic acids is 1. The summed E-state index contributed by atoms with van der Waals surface area (Å²) in [4.78, 5) is 11.5. The average molecular weight is 254 g/mol. The predicted molar refractivity (Wildman–Crippen MR) is 70.4 cm³/mol. The monoisotopic (exact) mass is 254 g/mol. The average Bonchev–Trinajstić information content (AvgIpc) is 2.20. The fraction of sp³-hybridized carbons (Fsp3) is 0.462. The Morgan fingerprint density at radius 3 is 2.61 bits per heavy atom. The molecule has 5 heteroatoms. The van der Waals surface area contributed by atoms with Gasteiger partial charge in [-0.15, -0.1) is 0 Å². The second-order valence-corrected chi connectivity index (χ2v) is 4.85. The van der Waals surface area contributed by atoms with Crippen LogP contribution in [-0.4, -0.2) is 18.2 Å². The normalized spacial score (nSPS) is 10.9. The first kappa shape index (κ1) is 14.3. The fourth-order valence-electron chi connectivity index (χ4n) is 1.35. The van der Waals surface area contributed by atoms with Crippen molar-refractivity contribution in [1.29, 1.82) is 0 Å². The Morgan fingerprint density at radius 1 is 1.39 bits per heavy atom. The minimum absolute atomic E-state index is 0.0997. The van der Waals surface area contributed by atoms with Crippen LogP contribution in [0.3, 0.4) is 0 Å². The first-order chi connectivity index (χ1) is 8.31. The molecule has 0 fully saturated rings. The molecular weight excluding hydrogens is 235 g/mol. The van der Waals surface area contributed by atoms with Gasteiger partial charge in [-0.2, -0.15) is 0 Å². The smallest absolute Gasteiger partial charge is 0.412 e. The lowest BCUT2D eigenvalue weighted by Gasteiger charge is -2.20. The Labute approximate surface area is 107 Å². The molecule has 0 spiro atoms. The van der Waals surface area contributed by atoms with Gasteiger partial charge in [-0.3, -0.25) is 5.32 Å². The van der Waals surface area contributed by atoms with Gasteiger partial charge in [-0.1, -0.05) is 0 Å². The highest BCUT2D eigenvalue weighted by atomic mass is 19.1. The molecule has 0 radical (unpaired) electrons. The molecule has 0 atom stereocenters. The van der Waals surface area contributed by atoms with E-state index in [1.165, 1.54) is 12.1 Å². The van der Waals surface area contributed by atoms with Gasteiger partial charge in [-0.25, -0.2) is 9.18 Å². The molecule has 0 saturated heterocycles. The van der Waals surface area contributed by atoms with Crippen LogP contribution in [0.4, 0.5) is 20.6 Å². The highest BCUT2D eigenvalue weighted by molar-refractivity contribution is 5.85. The van der Waals surface area contributed by atoms with Crippen molar-refractivity contribution >= 4 is 17.5 Å². The summed E-state index contributed by atoms with van der Waals surface area (Å²) in [5.41, 5.74) is 0.229. The first-order valence-electron chi connectivity index (χ1n) is 5.85. The lowest BCUT2D eigenvalue weighted by atomic mass is 10.2. The van der Waals surface area contributed by atoms with Gasteiger partial charge in [0.1, 0.15) is 11.4 Å². The van der Waals surface area contributed by atoms with Gasteiger partial charge in [-0.05, 0) is 45.9 Å². The molecule has 0 saturated carbocycles. The van der Waals surface area contributed by atoms with E-state index in [0.29, 0.717) is 0 Å². The minimum atomic E-state index is -0.671. The number of ether oxygens (including phenoxy) is 1. The summed E-state index contributed by atoms with van der Waals surface area (Å²) in [5, 5.41) is 5.43. The Kier molecular flexibility index (Phi) is 4.53. The third-order valence-electron chi connectivity index (χ3n) is 1.98. The predicted octanol–water partition coefficient (Wildman–Crippen LogP) is 3.60. The standard InChI is InChI=1S/C13H19FN2O2/c1-5-15-9-6-7-10(14)11(8-9)16-12(17)18-13(2,3)4/h6-8,15H,5H2,1-4H3,(H,16,17). The van der Waals surface area contributed by atoms with Crippen LogP contribution in [0.15, 0.2) is 18.2 Å². The Morgan fingerprint density at radius 2 is 2.06 bits per heavy atom. The van der Waals surface area contributed by atoms with Crippen molar-refractivity contribution in [3.05, 3.63) is 24.0 Å². The number of hydrogen-bond donors (Lipinski definition) is 2. The molecule has 0 aliphatic carbocycles. The van der Waals surface area contributed by atoms with Gasteiger partial charge in [0.05, 0.1) is 5.69 Å². The van der Waals surface area contributed by atoms with Crippen LogP contribution < -0.4 is 10.6 Å². The molecule has 2 N–H and O–H groups in total. The molecule has 1 amide bonds.